The number of hydrogen-bond donors (Lipinski definition) is 1. The predicted octanol–water partition coefficient (Wildman–Crippen LogP) is 7.77. The molecule has 1 N–H and O–H groups in total. The SMILES string of the molecule is CCCN1C2=C(C(=O)CC(C)(C)C2)C(c2cc(Cl)c(OCC(=O)Nc3ccc(C)cc3)c(OC)c2)C2=C1CC(C)(C)CC2=O. The lowest BCUT2D eigenvalue weighted by Gasteiger charge is -2.49. The van der Waals surface area contributed by atoms with Crippen LogP contribution in [0, 0.1) is 17.8 Å². The maximum Gasteiger partial charge on any atom is 0.262 e. The summed E-state index contributed by atoms with van der Waals surface area (Å²) in [5.74, 6) is -0.191. The first-order valence-corrected chi connectivity index (χ1v) is 15.8. The molecule has 0 spiro atoms. The molecule has 0 aromatic heterocycles. The molecule has 1 aliphatic heterocycles. The Bertz CT molecular complexity index is 1510. The molecule has 0 atom stereocenters. The second-order valence-corrected chi connectivity index (χ2v) is 14.3. The molecular weight excluding hydrogens is 576 g/mol. The number of amides is 1. The lowest BCUT2D eigenvalue weighted by atomic mass is 9.63. The molecule has 2 aromatic carbocycles. The van der Waals surface area contributed by atoms with Crippen molar-refractivity contribution < 1.29 is 23.9 Å². The Morgan fingerprint density at radius 3 is 2.05 bits per heavy atom. The van der Waals surface area contributed by atoms with Gasteiger partial charge >= 0.3 is 0 Å². The van der Waals surface area contributed by atoms with Gasteiger partial charge in [0.05, 0.1) is 12.1 Å². The molecule has 5 rings (SSSR count). The number of Topliss-reactive ketones (excluding diaryl/α,β-unsaturated/α-hetero) is 2. The minimum absolute atomic E-state index is 0.0646. The highest BCUT2D eigenvalue weighted by molar-refractivity contribution is 6.32. The minimum Gasteiger partial charge on any atom is -0.493 e. The van der Waals surface area contributed by atoms with Crippen LogP contribution in [-0.2, 0) is 14.4 Å². The van der Waals surface area contributed by atoms with E-state index in [1.807, 2.05) is 31.2 Å². The number of ketones is 2. The van der Waals surface area contributed by atoms with Crippen molar-refractivity contribution in [3.63, 3.8) is 0 Å². The van der Waals surface area contributed by atoms with Crippen molar-refractivity contribution in [1.82, 2.24) is 4.90 Å². The summed E-state index contributed by atoms with van der Waals surface area (Å²) in [5, 5.41) is 3.06. The lowest BCUT2D eigenvalue weighted by molar-refractivity contribution is -0.120. The van der Waals surface area contributed by atoms with Crippen LogP contribution in [0.3, 0.4) is 0 Å². The Balaban J connectivity index is 1.56. The smallest absolute Gasteiger partial charge is 0.262 e. The largest absolute Gasteiger partial charge is 0.493 e. The van der Waals surface area contributed by atoms with E-state index in [-0.39, 0.29) is 45.7 Å². The average Bonchev–Trinajstić information content (AvgIpc) is 2.92. The van der Waals surface area contributed by atoms with E-state index in [0.29, 0.717) is 41.0 Å². The summed E-state index contributed by atoms with van der Waals surface area (Å²) in [4.78, 5) is 42.9. The first-order chi connectivity index (χ1) is 20.7. The van der Waals surface area contributed by atoms with Crippen LogP contribution < -0.4 is 14.8 Å². The van der Waals surface area contributed by atoms with Gasteiger partial charge < -0.3 is 19.7 Å². The number of aryl methyl sites for hydroxylation is 1. The number of carbonyl (C=O) groups is 3. The summed E-state index contributed by atoms with van der Waals surface area (Å²) in [6.07, 6.45) is 3.21. The first kappa shape index (κ1) is 31.8. The zero-order valence-electron chi connectivity index (χ0n) is 26.9. The molecule has 0 fully saturated rings. The normalized spacial score (nSPS) is 19.5. The number of rotatable bonds is 8. The third-order valence-electron chi connectivity index (χ3n) is 8.74. The molecule has 0 saturated heterocycles. The van der Waals surface area contributed by atoms with Gasteiger partial charge in [-0.05, 0) is 66.8 Å². The second-order valence-electron chi connectivity index (χ2n) is 13.9. The maximum atomic E-state index is 14.0. The number of hydrogen-bond acceptors (Lipinski definition) is 6. The van der Waals surface area contributed by atoms with Crippen molar-refractivity contribution in [3.8, 4) is 11.5 Å². The maximum absolute atomic E-state index is 14.0. The van der Waals surface area contributed by atoms with E-state index in [9.17, 15) is 14.4 Å². The molecule has 0 radical (unpaired) electrons. The Kier molecular flexibility index (Phi) is 8.74. The topological polar surface area (TPSA) is 84.9 Å². The fraction of sp³-hybridized carbons (Fsp3) is 0.472. The molecule has 1 amide bonds. The van der Waals surface area contributed by atoms with Gasteiger partial charge in [0.1, 0.15) is 0 Å². The zero-order chi connectivity index (χ0) is 32.0. The number of halogens is 1. The minimum atomic E-state index is -0.550. The van der Waals surface area contributed by atoms with Gasteiger partial charge in [0.15, 0.2) is 29.7 Å². The monoisotopic (exact) mass is 618 g/mol. The third-order valence-corrected chi connectivity index (χ3v) is 9.02. The summed E-state index contributed by atoms with van der Waals surface area (Å²) in [5.41, 5.74) is 5.51. The third kappa shape index (κ3) is 6.30. The van der Waals surface area contributed by atoms with Crippen LogP contribution in [0.2, 0.25) is 5.02 Å². The molecule has 7 nitrogen and oxygen atoms in total. The Labute approximate surface area is 265 Å². The predicted molar refractivity (Wildman–Crippen MR) is 173 cm³/mol. The number of allylic oxidation sites excluding steroid dienone is 4. The number of ether oxygens (including phenoxy) is 2. The molecule has 234 valence electrons. The molecule has 2 aromatic rings. The number of anilines is 1. The summed E-state index contributed by atoms with van der Waals surface area (Å²) >= 11 is 6.84. The number of carbonyl (C=O) groups excluding carboxylic acids is 3. The van der Waals surface area contributed by atoms with E-state index >= 15 is 0 Å². The van der Waals surface area contributed by atoms with Crippen LogP contribution >= 0.6 is 11.6 Å². The Morgan fingerprint density at radius 1 is 0.955 bits per heavy atom. The van der Waals surface area contributed by atoms with E-state index in [1.165, 1.54) is 7.11 Å². The average molecular weight is 619 g/mol. The number of methoxy groups -OCH3 is 1. The summed E-state index contributed by atoms with van der Waals surface area (Å²) in [6, 6.07) is 11.0. The van der Waals surface area contributed by atoms with Crippen LogP contribution in [0.4, 0.5) is 5.69 Å². The Hall–Kier alpha value is -3.58. The molecule has 2 aliphatic carbocycles. The highest BCUT2D eigenvalue weighted by atomic mass is 35.5. The highest BCUT2D eigenvalue weighted by Gasteiger charge is 2.49. The van der Waals surface area contributed by atoms with Gasteiger partial charge in [0, 0.05) is 53.5 Å². The number of benzene rings is 2. The second kappa shape index (κ2) is 12.1. The molecule has 0 bridgehead atoms. The number of nitrogens with zero attached hydrogens (tertiary/aromatic N) is 1. The van der Waals surface area contributed by atoms with Crippen molar-refractivity contribution in [2.24, 2.45) is 10.8 Å². The van der Waals surface area contributed by atoms with Crippen LogP contribution in [-0.4, -0.2) is 42.6 Å². The van der Waals surface area contributed by atoms with E-state index in [0.717, 1.165) is 42.8 Å². The van der Waals surface area contributed by atoms with Gasteiger partial charge in [0.2, 0.25) is 0 Å². The van der Waals surface area contributed by atoms with Crippen LogP contribution in [0.25, 0.3) is 0 Å². The van der Waals surface area contributed by atoms with Crippen molar-refractivity contribution in [2.75, 3.05) is 25.6 Å². The lowest BCUT2D eigenvalue weighted by Crippen LogP contribution is -2.44. The van der Waals surface area contributed by atoms with Crippen molar-refractivity contribution in [1.29, 1.82) is 0 Å². The zero-order valence-corrected chi connectivity index (χ0v) is 27.6. The van der Waals surface area contributed by atoms with Crippen LogP contribution in [0.1, 0.15) is 83.8 Å². The summed E-state index contributed by atoms with van der Waals surface area (Å²) in [6.45, 7) is 13.1. The van der Waals surface area contributed by atoms with Gasteiger partial charge in [-0.3, -0.25) is 14.4 Å². The molecule has 8 heteroatoms. The van der Waals surface area contributed by atoms with Crippen molar-refractivity contribution in [2.45, 2.75) is 79.6 Å². The fourth-order valence-electron chi connectivity index (χ4n) is 6.89. The van der Waals surface area contributed by atoms with Crippen LogP contribution in [0.5, 0.6) is 11.5 Å². The highest BCUT2D eigenvalue weighted by Crippen LogP contribution is 2.55. The van der Waals surface area contributed by atoms with Gasteiger partial charge in [-0.15, -0.1) is 0 Å². The van der Waals surface area contributed by atoms with Crippen LogP contribution in [0.15, 0.2) is 58.9 Å². The van der Waals surface area contributed by atoms with E-state index in [2.05, 4.69) is 44.8 Å². The summed E-state index contributed by atoms with van der Waals surface area (Å²) in [7, 11) is 1.51. The van der Waals surface area contributed by atoms with E-state index < -0.39 is 5.92 Å². The van der Waals surface area contributed by atoms with Crippen molar-refractivity contribution >= 4 is 34.8 Å². The van der Waals surface area contributed by atoms with Gasteiger partial charge in [-0.25, -0.2) is 0 Å². The van der Waals surface area contributed by atoms with E-state index in [4.69, 9.17) is 21.1 Å². The molecule has 0 unspecified atom stereocenters. The molecule has 3 aliphatic rings. The van der Waals surface area contributed by atoms with Gasteiger partial charge in [-0.2, -0.15) is 0 Å². The molecular formula is C36H43ClN2O5. The van der Waals surface area contributed by atoms with Crippen molar-refractivity contribution in [3.05, 3.63) is 75.1 Å². The quantitative estimate of drug-likeness (QED) is 0.325. The molecule has 1 heterocycles. The standard InChI is InChI=1S/C36H43ClN2O5/c1-8-13-39-25-16-35(3,4)18-27(40)32(25)31(33-26(39)17-36(5,6)19-28(33)41)22-14-24(37)34(29(15-22)43-7)44-20-30(42)38-23-11-9-21(2)10-12-23/h9-12,14-15,31H,8,13,16-20H2,1-7H3,(H,38,42). The molecule has 0 saturated carbocycles. The summed E-state index contributed by atoms with van der Waals surface area (Å²) < 4.78 is 11.6. The number of nitrogens with one attached hydrogen (secondary N) is 1. The van der Waals surface area contributed by atoms with E-state index in [1.54, 1.807) is 12.1 Å². The Morgan fingerprint density at radius 2 is 1.52 bits per heavy atom. The van der Waals surface area contributed by atoms with Gasteiger partial charge in [0.25, 0.3) is 5.91 Å². The fourth-order valence-corrected chi connectivity index (χ4v) is 7.17. The van der Waals surface area contributed by atoms with Gasteiger partial charge in [-0.1, -0.05) is 63.9 Å². The first-order valence-electron chi connectivity index (χ1n) is 15.4. The molecule has 44 heavy (non-hydrogen) atoms.